The van der Waals surface area contributed by atoms with Crippen LogP contribution in [0.3, 0.4) is 0 Å². The Morgan fingerprint density at radius 3 is 2.33 bits per heavy atom. The molecule has 0 bridgehead atoms. The summed E-state index contributed by atoms with van der Waals surface area (Å²) in [6.45, 7) is 3.75. The van der Waals surface area contributed by atoms with Crippen molar-refractivity contribution in [3.8, 4) is 0 Å². The van der Waals surface area contributed by atoms with Crippen LogP contribution in [0.2, 0.25) is 0 Å². The molecule has 2 heterocycles. The molecule has 1 aliphatic heterocycles. The number of carbonyl (C=O) groups is 2. The van der Waals surface area contributed by atoms with Crippen LogP contribution >= 0.6 is 0 Å². The highest BCUT2D eigenvalue weighted by Crippen LogP contribution is 2.05. The van der Waals surface area contributed by atoms with Crippen LogP contribution in [0.1, 0.15) is 23.2 Å². The standard InChI is InChI=1S/C7H8O2.C4H4O2/c1-5-3-4-7(9-5)6(2)8;5-4-2-1-3-6-4/h3-4H,1-2H3;1-2H,3H2. The van der Waals surface area contributed by atoms with Crippen molar-refractivity contribution in [2.24, 2.45) is 0 Å². The number of ketones is 1. The molecule has 2 rings (SSSR count). The summed E-state index contributed by atoms with van der Waals surface area (Å²) in [5.41, 5.74) is 0. The lowest BCUT2D eigenvalue weighted by atomic mass is 10.3. The van der Waals surface area contributed by atoms with Gasteiger partial charge in [0, 0.05) is 13.0 Å². The number of hydrogen-bond acceptors (Lipinski definition) is 4. The smallest absolute Gasteiger partial charge is 0.330 e. The van der Waals surface area contributed by atoms with Crippen molar-refractivity contribution < 1.29 is 18.7 Å². The van der Waals surface area contributed by atoms with E-state index in [1.165, 1.54) is 13.0 Å². The van der Waals surface area contributed by atoms with Crippen molar-refractivity contribution >= 4 is 11.8 Å². The topological polar surface area (TPSA) is 56.5 Å². The Balaban J connectivity index is 0.000000162. The van der Waals surface area contributed by atoms with E-state index in [-0.39, 0.29) is 11.8 Å². The maximum Gasteiger partial charge on any atom is 0.330 e. The quantitative estimate of drug-likeness (QED) is 0.522. The van der Waals surface area contributed by atoms with Gasteiger partial charge in [0.25, 0.3) is 0 Å². The van der Waals surface area contributed by atoms with Gasteiger partial charge < -0.3 is 9.15 Å². The molecule has 0 aromatic carbocycles. The molecular formula is C11H12O4. The molecule has 0 saturated carbocycles. The Morgan fingerprint density at radius 1 is 1.40 bits per heavy atom. The Labute approximate surface area is 87.5 Å². The van der Waals surface area contributed by atoms with Gasteiger partial charge in [-0.25, -0.2) is 4.79 Å². The predicted octanol–water partition coefficient (Wildman–Crippen LogP) is 1.89. The van der Waals surface area contributed by atoms with E-state index in [0.717, 1.165) is 5.76 Å². The fraction of sp³-hybridized carbons (Fsp3) is 0.273. The molecule has 0 radical (unpaired) electrons. The van der Waals surface area contributed by atoms with Gasteiger partial charge in [-0.3, -0.25) is 4.79 Å². The molecule has 0 amide bonds. The average molecular weight is 208 g/mol. The number of carbonyl (C=O) groups excluding carboxylic acids is 2. The summed E-state index contributed by atoms with van der Waals surface area (Å²) in [5, 5.41) is 0. The summed E-state index contributed by atoms with van der Waals surface area (Å²) in [5.74, 6) is 0.964. The van der Waals surface area contributed by atoms with Gasteiger partial charge in [0.1, 0.15) is 12.4 Å². The zero-order valence-corrected chi connectivity index (χ0v) is 8.65. The highest BCUT2D eigenvalue weighted by atomic mass is 16.5. The molecule has 1 aromatic heterocycles. The fourth-order valence-corrected chi connectivity index (χ4v) is 0.946. The van der Waals surface area contributed by atoms with Crippen LogP contribution < -0.4 is 0 Å². The molecule has 4 nitrogen and oxygen atoms in total. The van der Waals surface area contributed by atoms with Crippen LogP contribution in [0, 0.1) is 6.92 Å². The molecule has 80 valence electrons. The van der Waals surface area contributed by atoms with Crippen molar-refractivity contribution in [2.75, 3.05) is 6.61 Å². The summed E-state index contributed by atoms with van der Waals surface area (Å²) < 4.78 is 9.40. The van der Waals surface area contributed by atoms with E-state index in [0.29, 0.717) is 12.4 Å². The summed E-state index contributed by atoms with van der Waals surface area (Å²) in [6, 6.07) is 3.45. The lowest BCUT2D eigenvalue weighted by molar-refractivity contribution is -0.134. The predicted molar refractivity (Wildman–Crippen MR) is 53.5 cm³/mol. The molecular weight excluding hydrogens is 196 g/mol. The van der Waals surface area contributed by atoms with Gasteiger partial charge in [-0.1, -0.05) is 0 Å². The monoisotopic (exact) mass is 208 g/mol. The molecule has 4 heteroatoms. The van der Waals surface area contributed by atoms with E-state index < -0.39 is 0 Å². The van der Waals surface area contributed by atoms with E-state index in [2.05, 4.69) is 4.74 Å². The molecule has 0 spiro atoms. The first kappa shape index (κ1) is 11.2. The second-order valence-corrected chi connectivity index (χ2v) is 3.00. The van der Waals surface area contributed by atoms with Crippen LogP contribution in [-0.2, 0) is 9.53 Å². The third-order valence-electron chi connectivity index (χ3n) is 1.66. The van der Waals surface area contributed by atoms with Crippen LogP contribution in [0.25, 0.3) is 0 Å². The van der Waals surface area contributed by atoms with Crippen molar-refractivity contribution in [1.82, 2.24) is 0 Å². The molecule has 1 aliphatic rings. The van der Waals surface area contributed by atoms with Crippen molar-refractivity contribution in [3.05, 3.63) is 35.8 Å². The molecule has 0 aliphatic carbocycles. The van der Waals surface area contributed by atoms with Crippen LogP contribution in [0.4, 0.5) is 0 Å². The highest BCUT2D eigenvalue weighted by molar-refractivity contribution is 5.91. The number of esters is 1. The molecule has 15 heavy (non-hydrogen) atoms. The third kappa shape index (κ3) is 3.81. The second kappa shape index (κ2) is 5.14. The summed E-state index contributed by atoms with van der Waals surface area (Å²) in [7, 11) is 0. The van der Waals surface area contributed by atoms with Crippen LogP contribution in [0.5, 0.6) is 0 Å². The number of Topliss-reactive ketones (excluding diaryl/α,β-unsaturated/α-hetero) is 1. The maximum atomic E-state index is 10.6. The first-order valence-corrected chi connectivity index (χ1v) is 4.50. The minimum atomic E-state index is -0.227. The minimum Gasteiger partial charge on any atom is -0.458 e. The number of rotatable bonds is 1. The first-order valence-electron chi connectivity index (χ1n) is 4.50. The maximum absolute atomic E-state index is 10.6. The van der Waals surface area contributed by atoms with Gasteiger partial charge in [0.15, 0.2) is 11.5 Å². The average Bonchev–Trinajstić information content (AvgIpc) is 2.77. The highest BCUT2D eigenvalue weighted by Gasteiger charge is 2.01. The first-order chi connectivity index (χ1) is 7.09. The Bertz CT molecular complexity index is 387. The number of furan rings is 1. The van der Waals surface area contributed by atoms with E-state index in [4.69, 9.17) is 4.42 Å². The minimum absolute atomic E-state index is 0.0249. The van der Waals surface area contributed by atoms with Crippen molar-refractivity contribution in [3.63, 3.8) is 0 Å². The Morgan fingerprint density at radius 2 is 2.13 bits per heavy atom. The fourth-order valence-electron chi connectivity index (χ4n) is 0.946. The van der Waals surface area contributed by atoms with Crippen molar-refractivity contribution in [2.45, 2.75) is 13.8 Å². The molecule has 0 unspecified atom stereocenters. The SMILES string of the molecule is CC(=O)c1ccc(C)o1.O=C1C=CCO1. The lowest BCUT2D eigenvalue weighted by Gasteiger charge is -1.83. The van der Waals surface area contributed by atoms with Gasteiger partial charge in [-0.05, 0) is 25.1 Å². The summed E-state index contributed by atoms with van der Waals surface area (Å²) >= 11 is 0. The van der Waals surface area contributed by atoms with E-state index in [9.17, 15) is 9.59 Å². The third-order valence-corrected chi connectivity index (χ3v) is 1.66. The molecule has 0 fully saturated rings. The Hall–Kier alpha value is -1.84. The normalized spacial score (nSPS) is 13.1. The van der Waals surface area contributed by atoms with Gasteiger partial charge in [0.05, 0.1) is 0 Å². The van der Waals surface area contributed by atoms with Gasteiger partial charge >= 0.3 is 5.97 Å². The van der Waals surface area contributed by atoms with Gasteiger partial charge in [-0.2, -0.15) is 0 Å². The van der Waals surface area contributed by atoms with E-state index in [1.807, 2.05) is 6.92 Å². The number of ether oxygens (including phenoxy) is 1. The number of hydrogen-bond donors (Lipinski definition) is 0. The molecule has 0 saturated heterocycles. The molecule has 0 N–H and O–H groups in total. The second-order valence-electron chi connectivity index (χ2n) is 3.00. The molecule has 0 atom stereocenters. The van der Waals surface area contributed by atoms with E-state index in [1.54, 1.807) is 18.2 Å². The van der Waals surface area contributed by atoms with Crippen molar-refractivity contribution in [1.29, 1.82) is 0 Å². The zero-order valence-electron chi connectivity index (χ0n) is 8.65. The zero-order chi connectivity index (χ0) is 11.3. The van der Waals surface area contributed by atoms with Gasteiger partial charge in [-0.15, -0.1) is 0 Å². The summed E-state index contributed by atoms with van der Waals surface area (Å²) in [6.07, 6.45) is 3.10. The Kier molecular flexibility index (Phi) is 3.85. The number of cyclic esters (lactones) is 1. The molecule has 1 aromatic rings. The lowest BCUT2D eigenvalue weighted by Crippen LogP contribution is -1.89. The van der Waals surface area contributed by atoms with Crippen LogP contribution in [0.15, 0.2) is 28.7 Å². The number of aryl methyl sites for hydroxylation is 1. The van der Waals surface area contributed by atoms with Crippen LogP contribution in [-0.4, -0.2) is 18.4 Å². The summed E-state index contributed by atoms with van der Waals surface area (Å²) in [4.78, 5) is 20.5. The largest absolute Gasteiger partial charge is 0.458 e. The van der Waals surface area contributed by atoms with E-state index >= 15 is 0 Å². The van der Waals surface area contributed by atoms with Gasteiger partial charge in [0.2, 0.25) is 0 Å².